The number of hydrogen-bond donors (Lipinski definition) is 1. The molecule has 154 valence electrons. The second-order valence-corrected chi connectivity index (χ2v) is 9.11. The van der Waals surface area contributed by atoms with Crippen LogP contribution in [-0.2, 0) is 27.6 Å². The Morgan fingerprint density at radius 1 is 1.07 bits per heavy atom. The Balaban J connectivity index is 1.61. The maximum absolute atomic E-state index is 12.9. The van der Waals surface area contributed by atoms with Crippen molar-refractivity contribution in [3.8, 4) is 5.75 Å². The van der Waals surface area contributed by atoms with Crippen molar-refractivity contribution >= 4 is 21.6 Å². The lowest BCUT2D eigenvalue weighted by Gasteiger charge is -2.26. The number of nitrogens with one attached hydrogen (secondary N) is 1. The summed E-state index contributed by atoms with van der Waals surface area (Å²) in [5.74, 6) is 0.111. The standard InChI is InChI=1S/C21H24N2O5S/c1-27-20-8-7-18(29(25,26)23-9-11-28-12-10-23)14-19(20)22-21(24)17-6-5-15-3-2-4-16(15)13-17/h5-8,13-14H,2-4,9-12H2,1H3,(H,22,24). The number of benzene rings is 2. The Morgan fingerprint density at radius 3 is 2.59 bits per heavy atom. The van der Waals surface area contributed by atoms with Crippen molar-refractivity contribution in [1.29, 1.82) is 0 Å². The minimum Gasteiger partial charge on any atom is -0.495 e. The van der Waals surface area contributed by atoms with E-state index in [1.165, 1.54) is 34.7 Å². The summed E-state index contributed by atoms with van der Waals surface area (Å²) in [6.07, 6.45) is 3.13. The van der Waals surface area contributed by atoms with Gasteiger partial charge in [-0.2, -0.15) is 4.31 Å². The molecule has 2 aliphatic rings. The maximum atomic E-state index is 12.9. The van der Waals surface area contributed by atoms with E-state index in [1.54, 1.807) is 12.1 Å². The molecule has 1 fully saturated rings. The summed E-state index contributed by atoms with van der Waals surface area (Å²) in [6.45, 7) is 1.37. The predicted octanol–water partition coefficient (Wildman–Crippen LogP) is 2.46. The number of carbonyl (C=O) groups excluding carboxylic acids is 1. The zero-order chi connectivity index (χ0) is 20.4. The van der Waals surface area contributed by atoms with Crippen LogP contribution in [0, 0.1) is 0 Å². The minimum absolute atomic E-state index is 0.115. The number of anilines is 1. The van der Waals surface area contributed by atoms with Gasteiger partial charge in [0.1, 0.15) is 5.75 Å². The fourth-order valence-electron chi connectivity index (χ4n) is 3.79. The summed E-state index contributed by atoms with van der Waals surface area (Å²) in [4.78, 5) is 12.9. The molecule has 0 spiro atoms. The molecule has 1 aliphatic heterocycles. The van der Waals surface area contributed by atoms with Crippen molar-refractivity contribution in [2.24, 2.45) is 0 Å². The smallest absolute Gasteiger partial charge is 0.255 e. The van der Waals surface area contributed by atoms with Crippen LogP contribution in [0.5, 0.6) is 5.75 Å². The third kappa shape index (κ3) is 4.01. The van der Waals surface area contributed by atoms with Crippen molar-refractivity contribution in [2.45, 2.75) is 24.2 Å². The van der Waals surface area contributed by atoms with Crippen LogP contribution >= 0.6 is 0 Å². The number of fused-ring (bicyclic) bond motifs is 1. The van der Waals surface area contributed by atoms with Crippen molar-refractivity contribution in [3.63, 3.8) is 0 Å². The van der Waals surface area contributed by atoms with Gasteiger partial charge < -0.3 is 14.8 Å². The summed E-state index contributed by atoms with van der Waals surface area (Å²) in [5, 5.41) is 2.81. The van der Waals surface area contributed by atoms with Crippen molar-refractivity contribution < 1.29 is 22.7 Å². The lowest BCUT2D eigenvalue weighted by molar-refractivity contribution is 0.0730. The molecule has 2 aromatic rings. The van der Waals surface area contributed by atoms with E-state index in [0.717, 1.165) is 19.3 Å². The van der Waals surface area contributed by atoms with Gasteiger partial charge in [-0.05, 0) is 60.7 Å². The Labute approximate surface area is 170 Å². The normalized spacial score (nSPS) is 17.0. The molecule has 29 heavy (non-hydrogen) atoms. The topological polar surface area (TPSA) is 84.9 Å². The molecule has 0 bridgehead atoms. The molecular formula is C21H24N2O5S. The highest BCUT2D eigenvalue weighted by molar-refractivity contribution is 7.89. The van der Waals surface area contributed by atoms with Crippen LogP contribution in [0.15, 0.2) is 41.3 Å². The fourth-order valence-corrected chi connectivity index (χ4v) is 5.22. The first-order valence-electron chi connectivity index (χ1n) is 9.68. The number of amides is 1. The highest BCUT2D eigenvalue weighted by Gasteiger charge is 2.27. The number of hydrogen-bond acceptors (Lipinski definition) is 5. The fraction of sp³-hybridized carbons (Fsp3) is 0.381. The van der Waals surface area contributed by atoms with E-state index in [4.69, 9.17) is 9.47 Å². The van der Waals surface area contributed by atoms with Gasteiger partial charge in [0.25, 0.3) is 5.91 Å². The van der Waals surface area contributed by atoms with Crippen molar-refractivity contribution in [3.05, 3.63) is 53.1 Å². The van der Waals surface area contributed by atoms with Gasteiger partial charge in [0.2, 0.25) is 10.0 Å². The number of ether oxygens (including phenoxy) is 2. The van der Waals surface area contributed by atoms with Crippen LogP contribution in [0.1, 0.15) is 27.9 Å². The number of methoxy groups -OCH3 is 1. The van der Waals surface area contributed by atoms with Gasteiger partial charge in [0, 0.05) is 18.7 Å². The lowest BCUT2D eigenvalue weighted by atomic mass is 10.1. The summed E-state index contributed by atoms with van der Waals surface area (Å²) in [6, 6.07) is 10.2. The number of rotatable bonds is 5. The SMILES string of the molecule is COc1ccc(S(=O)(=O)N2CCOCC2)cc1NC(=O)c1ccc2c(c1)CCC2. The Kier molecular flexibility index (Phi) is 5.58. The molecule has 1 N–H and O–H groups in total. The minimum atomic E-state index is -3.67. The zero-order valence-electron chi connectivity index (χ0n) is 16.3. The van der Waals surface area contributed by atoms with Crippen molar-refractivity contribution in [2.75, 3.05) is 38.7 Å². The maximum Gasteiger partial charge on any atom is 0.255 e. The monoisotopic (exact) mass is 416 g/mol. The molecule has 0 aromatic heterocycles. The molecule has 1 aliphatic carbocycles. The summed E-state index contributed by atoms with van der Waals surface area (Å²) >= 11 is 0. The number of morpholine rings is 1. The number of nitrogens with zero attached hydrogens (tertiary/aromatic N) is 1. The van der Waals surface area contributed by atoms with Crippen LogP contribution in [0.4, 0.5) is 5.69 Å². The molecule has 2 aromatic carbocycles. The first-order valence-corrected chi connectivity index (χ1v) is 11.1. The molecule has 4 rings (SSSR count). The first-order chi connectivity index (χ1) is 14.0. The average molecular weight is 416 g/mol. The van der Waals surface area contributed by atoms with E-state index in [-0.39, 0.29) is 10.8 Å². The van der Waals surface area contributed by atoms with Crippen LogP contribution in [-0.4, -0.2) is 52.0 Å². The van der Waals surface area contributed by atoms with Crippen LogP contribution < -0.4 is 10.1 Å². The first kappa shape index (κ1) is 19.9. The molecule has 0 saturated carbocycles. The largest absolute Gasteiger partial charge is 0.495 e. The number of aryl methyl sites for hydroxylation is 2. The third-order valence-electron chi connectivity index (χ3n) is 5.39. The quantitative estimate of drug-likeness (QED) is 0.809. The van der Waals surface area contributed by atoms with Crippen LogP contribution in [0.2, 0.25) is 0 Å². The van der Waals surface area contributed by atoms with Crippen molar-refractivity contribution in [1.82, 2.24) is 4.31 Å². The Bertz CT molecular complexity index is 1030. The average Bonchev–Trinajstić information content (AvgIpc) is 3.22. The van der Waals surface area contributed by atoms with E-state index in [0.29, 0.717) is 43.3 Å². The van der Waals surface area contributed by atoms with Gasteiger partial charge in [0.05, 0.1) is 30.9 Å². The van der Waals surface area contributed by atoms with Gasteiger partial charge in [-0.25, -0.2) is 8.42 Å². The number of carbonyl (C=O) groups is 1. The van der Waals surface area contributed by atoms with E-state index < -0.39 is 10.0 Å². The molecular weight excluding hydrogens is 392 g/mol. The second kappa shape index (κ2) is 8.14. The van der Waals surface area contributed by atoms with Gasteiger partial charge in [-0.3, -0.25) is 4.79 Å². The molecule has 7 nitrogen and oxygen atoms in total. The van der Waals surface area contributed by atoms with Gasteiger partial charge >= 0.3 is 0 Å². The Morgan fingerprint density at radius 2 is 1.83 bits per heavy atom. The summed E-state index contributed by atoms with van der Waals surface area (Å²) in [7, 11) is -2.19. The van der Waals surface area contributed by atoms with Gasteiger partial charge in [-0.15, -0.1) is 0 Å². The zero-order valence-corrected chi connectivity index (χ0v) is 17.1. The van der Waals surface area contributed by atoms with E-state index >= 15 is 0 Å². The molecule has 0 radical (unpaired) electrons. The number of sulfonamides is 1. The lowest BCUT2D eigenvalue weighted by Crippen LogP contribution is -2.40. The van der Waals surface area contributed by atoms with Crippen LogP contribution in [0.25, 0.3) is 0 Å². The Hall–Kier alpha value is -2.42. The van der Waals surface area contributed by atoms with E-state index in [9.17, 15) is 13.2 Å². The highest BCUT2D eigenvalue weighted by Crippen LogP contribution is 2.30. The van der Waals surface area contributed by atoms with Crippen LogP contribution in [0.3, 0.4) is 0 Å². The molecule has 8 heteroatoms. The molecule has 1 saturated heterocycles. The molecule has 1 amide bonds. The summed E-state index contributed by atoms with van der Waals surface area (Å²) in [5.41, 5.74) is 3.37. The van der Waals surface area contributed by atoms with Gasteiger partial charge in [0.15, 0.2) is 0 Å². The van der Waals surface area contributed by atoms with E-state index in [2.05, 4.69) is 5.32 Å². The summed E-state index contributed by atoms with van der Waals surface area (Å²) < 4.78 is 37.8. The van der Waals surface area contributed by atoms with Gasteiger partial charge in [-0.1, -0.05) is 6.07 Å². The molecule has 1 heterocycles. The third-order valence-corrected chi connectivity index (χ3v) is 7.28. The predicted molar refractivity (Wildman–Crippen MR) is 109 cm³/mol. The molecule has 0 atom stereocenters. The van der Waals surface area contributed by atoms with E-state index in [1.807, 2.05) is 12.1 Å². The molecule has 0 unspecified atom stereocenters. The highest BCUT2D eigenvalue weighted by atomic mass is 32.2. The second-order valence-electron chi connectivity index (χ2n) is 7.17.